The molecule has 5 heteroatoms. The van der Waals surface area contributed by atoms with Crippen molar-refractivity contribution < 1.29 is 9.53 Å². The number of nitrogens with zero attached hydrogens (tertiary/aromatic N) is 1. The number of rotatable bonds is 3. The Morgan fingerprint density at radius 2 is 2.29 bits per heavy atom. The Bertz CT molecular complexity index is 178. The number of hydrogen-bond donors (Lipinski definition) is 1. The fourth-order valence-corrected chi connectivity index (χ4v) is 1.56. The molecule has 0 unspecified atom stereocenters. The van der Waals surface area contributed by atoms with Gasteiger partial charge in [-0.25, -0.2) is 0 Å². The molecule has 1 amide bonds. The molecule has 14 heavy (non-hydrogen) atoms. The molecule has 1 aliphatic heterocycles. The van der Waals surface area contributed by atoms with Crippen LogP contribution in [0, 0.1) is 0 Å². The Labute approximate surface area is 91.2 Å². The summed E-state index contributed by atoms with van der Waals surface area (Å²) in [6.45, 7) is 2.09. The molecule has 1 heterocycles. The lowest BCUT2D eigenvalue weighted by molar-refractivity contribution is -0.132. The molecule has 1 saturated heterocycles. The van der Waals surface area contributed by atoms with E-state index in [2.05, 4.69) is 0 Å². The predicted molar refractivity (Wildman–Crippen MR) is 57.5 cm³/mol. The van der Waals surface area contributed by atoms with Crippen LogP contribution in [0.15, 0.2) is 0 Å². The van der Waals surface area contributed by atoms with Crippen LogP contribution in [0.1, 0.15) is 19.3 Å². The highest BCUT2D eigenvalue weighted by atomic mass is 35.5. The number of hydrogen-bond acceptors (Lipinski definition) is 3. The number of nitrogens with two attached hydrogens (primary N) is 1. The lowest BCUT2D eigenvalue weighted by Crippen LogP contribution is -2.43. The molecule has 0 radical (unpaired) electrons. The standard InChI is InChI=1S/C9H18N2O2.ClH/c1-13-7-6-11-5-3-2-4-8(10)9(11)12;/h8H,2-7,10H2,1H3;1H/t8-;/m0./s1. The molecule has 1 fully saturated rings. The van der Waals surface area contributed by atoms with E-state index >= 15 is 0 Å². The molecular weight excluding hydrogens is 204 g/mol. The van der Waals surface area contributed by atoms with Gasteiger partial charge >= 0.3 is 0 Å². The molecular formula is C9H19ClN2O2. The minimum Gasteiger partial charge on any atom is -0.383 e. The van der Waals surface area contributed by atoms with Crippen molar-refractivity contribution in [2.24, 2.45) is 5.73 Å². The summed E-state index contributed by atoms with van der Waals surface area (Å²) in [6, 6.07) is -0.292. The lowest BCUT2D eigenvalue weighted by Gasteiger charge is -2.21. The summed E-state index contributed by atoms with van der Waals surface area (Å²) in [4.78, 5) is 13.4. The topological polar surface area (TPSA) is 55.6 Å². The van der Waals surface area contributed by atoms with E-state index < -0.39 is 0 Å². The smallest absolute Gasteiger partial charge is 0.239 e. The summed E-state index contributed by atoms with van der Waals surface area (Å²) < 4.78 is 4.93. The minimum absolute atomic E-state index is 0. The van der Waals surface area contributed by atoms with E-state index in [1.165, 1.54) is 0 Å². The van der Waals surface area contributed by atoms with E-state index in [4.69, 9.17) is 10.5 Å². The Morgan fingerprint density at radius 3 is 2.93 bits per heavy atom. The average molecular weight is 223 g/mol. The molecule has 0 aromatic rings. The van der Waals surface area contributed by atoms with Gasteiger partial charge in [0.05, 0.1) is 12.6 Å². The summed E-state index contributed by atoms with van der Waals surface area (Å²) >= 11 is 0. The molecule has 2 N–H and O–H groups in total. The molecule has 0 aliphatic carbocycles. The summed E-state index contributed by atoms with van der Waals surface area (Å²) in [5.41, 5.74) is 5.71. The van der Waals surface area contributed by atoms with Crippen molar-refractivity contribution in [2.75, 3.05) is 26.8 Å². The fourth-order valence-electron chi connectivity index (χ4n) is 1.56. The van der Waals surface area contributed by atoms with Crippen molar-refractivity contribution in [3.63, 3.8) is 0 Å². The van der Waals surface area contributed by atoms with E-state index in [9.17, 15) is 4.79 Å². The normalized spacial score (nSPS) is 22.9. The second-order valence-electron chi connectivity index (χ2n) is 3.42. The van der Waals surface area contributed by atoms with Crippen molar-refractivity contribution in [2.45, 2.75) is 25.3 Å². The summed E-state index contributed by atoms with van der Waals surface area (Å²) in [6.07, 6.45) is 2.93. The van der Waals surface area contributed by atoms with Crippen LogP contribution in [0.2, 0.25) is 0 Å². The van der Waals surface area contributed by atoms with Crippen molar-refractivity contribution in [1.82, 2.24) is 4.90 Å². The van der Waals surface area contributed by atoms with Crippen molar-refractivity contribution in [1.29, 1.82) is 0 Å². The van der Waals surface area contributed by atoms with E-state index in [1.54, 1.807) is 12.0 Å². The van der Waals surface area contributed by atoms with Gasteiger partial charge in [-0.15, -0.1) is 12.4 Å². The molecule has 0 aromatic heterocycles. The first-order chi connectivity index (χ1) is 6.25. The van der Waals surface area contributed by atoms with E-state index in [0.29, 0.717) is 13.2 Å². The number of carbonyl (C=O) groups excluding carboxylic acids is 1. The second kappa shape index (κ2) is 7.04. The number of ether oxygens (including phenoxy) is 1. The Kier molecular flexibility index (Phi) is 6.87. The number of amides is 1. The molecule has 0 bridgehead atoms. The summed E-state index contributed by atoms with van der Waals surface area (Å²) in [5, 5.41) is 0. The first kappa shape index (κ1) is 13.7. The molecule has 84 valence electrons. The molecule has 1 atom stereocenters. The van der Waals surface area contributed by atoms with E-state index in [-0.39, 0.29) is 24.4 Å². The Balaban J connectivity index is 0.00000169. The van der Waals surface area contributed by atoms with Crippen LogP contribution < -0.4 is 5.73 Å². The first-order valence-electron chi connectivity index (χ1n) is 4.79. The van der Waals surface area contributed by atoms with Gasteiger partial charge in [0.2, 0.25) is 5.91 Å². The van der Waals surface area contributed by atoms with Gasteiger partial charge < -0.3 is 15.4 Å². The zero-order valence-electron chi connectivity index (χ0n) is 8.57. The van der Waals surface area contributed by atoms with Crippen LogP contribution >= 0.6 is 12.4 Å². The van der Waals surface area contributed by atoms with Gasteiger partial charge in [-0.3, -0.25) is 4.79 Å². The number of halogens is 1. The average Bonchev–Trinajstić information content (AvgIpc) is 2.28. The third-order valence-corrected chi connectivity index (χ3v) is 2.39. The fraction of sp³-hybridized carbons (Fsp3) is 0.889. The van der Waals surface area contributed by atoms with Gasteiger partial charge in [-0.1, -0.05) is 0 Å². The van der Waals surface area contributed by atoms with Crippen molar-refractivity contribution >= 4 is 18.3 Å². The highest BCUT2D eigenvalue weighted by Crippen LogP contribution is 2.09. The summed E-state index contributed by atoms with van der Waals surface area (Å²) in [7, 11) is 1.64. The van der Waals surface area contributed by atoms with Crippen LogP contribution in [0.3, 0.4) is 0 Å². The van der Waals surface area contributed by atoms with E-state index in [1.807, 2.05) is 0 Å². The van der Waals surface area contributed by atoms with Gasteiger partial charge in [0.15, 0.2) is 0 Å². The maximum absolute atomic E-state index is 11.6. The van der Waals surface area contributed by atoms with Crippen LogP contribution in [0.25, 0.3) is 0 Å². The molecule has 0 aromatic carbocycles. The SMILES string of the molecule is COCCN1CCCC[C@H](N)C1=O.Cl. The van der Waals surface area contributed by atoms with Gasteiger partial charge in [-0.05, 0) is 19.3 Å². The number of likely N-dealkylation sites (tertiary alicyclic amines) is 1. The van der Waals surface area contributed by atoms with Crippen LogP contribution in [0.5, 0.6) is 0 Å². The zero-order valence-corrected chi connectivity index (χ0v) is 9.39. The summed E-state index contributed by atoms with van der Waals surface area (Å²) in [5.74, 6) is 0.0783. The maximum atomic E-state index is 11.6. The maximum Gasteiger partial charge on any atom is 0.239 e. The van der Waals surface area contributed by atoms with Gasteiger partial charge in [-0.2, -0.15) is 0 Å². The quantitative estimate of drug-likeness (QED) is 0.752. The van der Waals surface area contributed by atoms with Crippen molar-refractivity contribution in [3.05, 3.63) is 0 Å². The van der Waals surface area contributed by atoms with E-state index in [0.717, 1.165) is 25.8 Å². The second-order valence-corrected chi connectivity index (χ2v) is 3.42. The van der Waals surface area contributed by atoms with Crippen molar-refractivity contribution in [3.8, 4) is 0 Å². The highest BCUT2D eigenvalue weighted by molar-refractivity contribution is 5.85. The minimum atomic E-state index is -0.292. The predicted octanol–water partition coefficient (Wildman–Crippen LogP) is 0.394. The van der Waals surface area contributed by atoms with Gasteiger partial charge in [0, 0.05) is 20.2 Å². The number of carbonyl (C=O) groups is 1. The molecule has 4 nitrogen and oxygen atoms in total. The highest BCUT2D eigenvalue weighted by Gasteiger charge is 2.22. The molecule has 0 saturated carbocycles. The molecule has 1 rings (SSSR count). The van der Waals surface area contributed by atoms with Gasteiger partial charge in [0.25, 0.3) is 0 Å². The third-order valence-electron chi connectivity index (χ3n) is 2.39. The number of methoxy groups -OCH3 is 1. The third kappa shape index (κ3) is 3.82. The van der Waals surface area contributed by atoms with Crippen LogP contribution in [-0.4, -0.2) is 43.7 Å². The largest absolute Gasteiger partial charge is 0.383 e. The van der Waals surface area contributed by atoms with Gasteiger partial charge in [0.1, 0.15) is 0 Å². The zero-order chi connectivity index (χ0) is 9.68. The molecule has 0 spiro atoms. The Morgan fingerprint density at radius 1 is 1.57 bits per heavy atom. The monoisotopic (exact) mass is 222 g/mol. The van der Waals surface area contributed by atoms with Crippen LogP contribution in [0.4, 0.5) is 0 Å². The van der Waals surface area contributed by atoms with Crippen LogP contribution in [-0.2, 0) is 9.53 Å². The Hall–Kier alpha value is -0.320. The molecule has 1 aliphatic rings. The first-order valence-corrected chi connectivity index (χ1v) is 4.79. The lowest BCUT2D eigenvalue weighted by atomic mass is 10.1.